The van der Waals surface area contributed by atoms with Gasteiger partial charge >= 0.3 is 0 Å². The molecule has 1 aromatic rings. The molecule has 16 heavy (non-hydrogen) atoms. The molecule has 1 fully saturated rings. The lowest BCUT2D eigenvalue weighted by Crippen LogP contribution is -2.37. The van der Waals surface area contributed by atoms with Crippen LogP contribution in [0, 0.1) is 11.3 Å². The Morgan fingerprint density at radius 1 is 1.31 bits per heavy atom. The van der Waals surface area contributed by atoms with Crippen molar-refractivity contribution < 1.29 is 0 Å². The number of amidine groups is 1. The summed E-state index contributed by atoms with van der Waals surface area (Å²) in [6.45, 7) is 4.13. The van der Waals surface area contributed by atoms with E-state index in [1.54, 1.807) is 0 Å². The highest BCUT2D eigenvalue weighted by Crippen LogP contribution is 2.27. The summed E-state index contributed by atoms with van der Waals surface area (Å²) in [5.74, 6) is 1.50. The Morgan fingerprint density at radius 3 is 2.50 bits per heavy atom. The highest BCUT2D eigenvalue weighted by molar-refractivity contribution is 5.96. The smallest absolute Gasteiger partial charge is 0.128 e. The first-order valence-corrected chi connectivity index (χ1v) is 6.20. The van der Waals surface area contributed by atoms with Crippen molar-refractivity contribution in [2.45, 2.75) is 26.2 Å². The summed E-state index contributed by atoms with van der Waals surface area (Å²) in [5, 5.41) is 8.21. The summed E-state index contributed by atoms with van der Waals surface area (Å²) in [6.07, 6.45) is 4.07. The van der Waals surface area contributed by atoms with Crippen molar-refractivity contribution in [1.82, 2.24) is 4.90 Å². The Labute approximate surface area is 97.8 Å². The number of rotatable bonds is 4. The lowest BCUT2D eigenvalue weighted by Gasteiger charge is -2.33. The van der Waals surface area contributed by atoms with Gasteiger partial charge in [0, 0.05) is 18.7 Å². The summed E-state index contributed by atoms with van der Waals surface area (Å²) < 4.78 is 0. The molecule has 0 spiro atoms. The van der Waals surface area contributed by atoms with E-state index in [0.717, 1.165) is 24.6 Å². The molecular formula is C14H20N2. The van der Waals surface area contributed by atoms with Crippen LogP contribution in [0.15, 0.2) is 30.3 Å². The average molecular weight is 216 g/mol. The minimum atomic E-state index is 0.676. The highest BCUT2D eigenvalue weighted by atomic mass is 15.2. The number of nitrogens with one attached hydrogen (secondary N) is 1. The van der Waals surface area contributed by atoms with Crippen molar-refractivity contribution in [3.05, 3.63) is 35.9 Å². The average Bonchev–Trinajstić information content (AvgIpc) is 2.28. The van der Waals surface area contributed by atoms with E-state index in [1.807, 2.05) is 30.3 Å². The van der Waals surface area contributed by atoms with Crippen LogP contribution < -0.4 is 0 Å². The quantitative estimate of drug-likeness (QED) is 0.607. The van der Waals surface area contributed by atoms with Crippen molar-refractivity contribution >= 4 is 5.84 Å². The Hall–Kier alpha value is -1.31. The lowest BCUT2D eigenvalue weighted by molar-refractivity contribution is 0.244. The third-order valence-corrected chi connectivity index (χ3v) is 3.45. The van der Waals surface area contributed by atoms with Gasteiger partial charge in [0.15, 0.2) is 0 Å². The van der Waals surface area contributed by atoms with Crippen LogP contribution in [0.4, 0.5) is 0 Å². The van der Waals surface area contributed by atoms with Crippen molar-refractivity contribution in [2.75, 3.05) is 13.1 Å². The van der Waals surface area contributed by atoms with Gasteiger partial charge in [-0.05, 0) is 25.7 Å². The molecule has 2 rings (SSSR count). The van der Waals surface area contributed by atoms with Crippen LogP contribution in [0.1, 0.15) is 31.7 Å². The van der Waals surface area contributed by atoms with E-state index >= 15 is 0 Å². The molecule has 0 aliphatic heterocycles. The van der Waals surface area contributed by atoms with E-state index in [2.05, 4.69) is 11.8 Å². The van der Waals surface area contributed by atoms with Crippen molar-refractivity contribution in [2.24, 2.45) is 5.92 Å². The number of hydrogen-bond acceptors (Lipinski definition) is 1. The van der Waals surface area contributed by atoms with Gasteiger partial charge in [-0.2, -0.15) is 0 Å². The Bertz CT molecular complexity index is 341. The molecule has 1 saturated carbocycles. The Balaban J connectivity index is 2.00. The maximum Gasteiger partial charge on any atom is 0.128 e. The summed E-state index contributed by atoms with van der Waals surface area (Å²) in [4.78, 5) is 2.19. The van der Waals surface area contributed by atoms with E-state index in [4.69, 9.17) is 5.41 Å². The van der Waals surface area contributed by atoms with E-state index in [9.17, 15) is 0 Å². The molecule has 0 heterocycles. The molecule has 1 aliphatic carbocycles. The second kappa shape index (κ2) is 5.15. The van der Waals surface area contributed by atoms with Crippen LogP contribution >= 0.6 is 0 Å². The Kier molecular flexibility index (Phi) is 3.60. The standard InChI is InChI=1S/C14H20N2/c1-2-16(11-12-7-6-8-12)14(15)13-9-4-3-5-10-13/h3-5,9-10,12,15H,2,6-8,11H2,1H3. The molecule has 0 atom stereocenters. The molecule has 2 nitrogen and oxygen atoms in total. The van der Waals surface area contributed by atoms with Crippen LogP contribution in [0.25, 0.3) is 0 Å². The molecule has 0 aromatic heterocycles. The fourth-order valence-electron chi connectivity index (χ4n) is 2.14. The summed E-state index contributed by atoms with van der Waals surface area (Å²) in [7, 11) is 0. The monoisotopic (exact) mass is 216 g/mol. The first-order valence-electron chi connectivity index (χ1n) is 6.20. The van der Waals surface area contributed by atoms with Crippen LogP contribution in [-0.4, -0.2) is 23.8 Å². The highest BCUT2D eigenvalue weighted by Gasteiger charge is 2.21. The summed E-state index contributed by atoms with van der Waals surface area (Å²) >= 11 is 0. The van der Waals surface area contributed by atoms with Crippen LogP contribution in [-0.2, 0) is 0 Å². The van der Waals surface area contributed by atoms with Crippen LogP contribution in [0.3, 0.4) is 0 Å². The van der Waals surface area contributed by atoms with Gasteiger partial charge in [0.25, 0.3) is 0 Å². The molecule has 0 unspecified atom stereocenters. The first kappa shape index (κ1) is 11.2. The zero-order chi connectivity index (χ0) is 11.4. The number of nitrogens with zero attached hydrogens (tertiary/aromatic N) is 1. The maximum atomic E-state index is 8.21. The molecule has 86 valence electrons. The predicted octanol–water partition coefficient (Wildman–Crippen LogP) is 3.13. The largest absolute Gasteiger partial charge is 0.357 e. The Morgan fingerprint density at radius 2 is 2.00 bits per heavy atom. The van der Waals surface area contributed by atoms with Gasteiger partial charge in [0.1, 0.15) is 5.84 Å². The maximum absolute atomic E-state index is 8.21. The number of benzene rings is 1. The normalized spacial score (nSPS) is 15.6. The minimum absolute atomic E-state index is 0.676. The topological polar surface area (TPSA) is 27.1 Å². The van der Waals surface area contributed by atoms with Gasteiger partial charge in [0.2, 0.25) is 0 Å². The predicted molar refractivity (Wildman–Crippen MR) is 67.9 cm³/mol. The molecule has 1 N–H and O–H groups in total. The molecule has 1 aromatic carbocycles. The number of hydrogen-bond donors (Lipinski definition) is 1. The van der Waals surface area contributed by atoms with Crippen LogP contribution in [0.2, 0.25) is 0 Å². The lowest BCUT2D eigenvalue weighted by atomic mass is 9.85. The summed E-state index contributed by atoms with van der Waals surface area (Å²) in [6, 6.07) is 10.0. The zero-order valence-corrected chi connectivity index (χ0v) is 9.95. The van der Waals surface area contributed by atoms with Gasteiger partial charge in [-0.15, -0.1) is 0 Å². The van der Waals surface area contributed by atoms with Crippen LogP contribution in [0.5, 0.6) is 0 Å². The van der Waals surface area contributed by atoms with Gasteiger partial charge < -0.3 is 4.90 Å². The molecule has 2 heteroatoms. The van der Waals surface area contributed by atoms with Gasteiger partial charge in [0.05, 0.1) is 0 Å². The first-order chi connectivity index (χ1) is 7.81. The fourth-order valence-corrected chi connectivity index (χ4v) is 2.14. The van der Waals surface area contributed by atoms with Crippen molar-refractivity contribution in [3.8, 4) is 0 Å². The third-order valence-electron chi connectivity index (χ3n) is 3.45. The molecule has 0 saturated heterocycles. The molecule has 0 radical (unpaired) electrons. The van der Waals surface area contributed by atoms with E-state index in [-0.39, 0.29) is 0 Å². The van der Waals surface area contributed by atoms with E-state index in [1.165, 1.54) is 19.3 Å². The second-order valence-corrected chi connectivity index (χ2v) is 4.55. The third kappa shape index (κ3) is 2.43. The van der Waals surface area contributed by atoms with Gasteiger partial charge in [-0.25, -0.2) is 0 Å². The molecule has 1 aliphatic rings. The van der Waals surface area contributed by atoms with Gasteiger partial charge in [-0.1, -0.05) is 36.8 Å². The molecular weight excluding hydrogens is 196 g/mol. The second-order valence-electron chi connectivity index (χ2n) is 4.55. The SMILES string of the molecule is CCN(CC1CCC1)C(=N)c1ccccc1. The summed E-state index contributed by atoms with van der Waals surface area (Å²) in [5.41, 5.74) is 1.03. The minimum Gasteiger partial charge on any atom is -0.357 e. The van der Waals surface area contributed by atoms with E-state index < -0.39 is 0 Å². The zero-order valence-electron chi connectivity index (χ0n) is 9.95. The van der Waals surface area contributed by atoms with Gasteiger partial charge in [-0.3, -0.25) is 5.41 Å². The van der Waals surface area contributed by atoms with Crippen molar-refractivity contribution in [1.29, 1.82) is 5.41 Å². The fraction of sp³-hybridized carbons (Fsp3) is 0.500. The molecule has 0 amide bonds. The van der Waals surface area contributed by atoms with Crippen molar-refractivity contribution in [3.63, 3.8) is 0 Å². The van der Waals surface area contributed by atoms with E-state index in [0.29, 0.717) is 5.84 Å². The molecule has 0 bridgehead atoms.